The minimum absolute atomic E-state index is 0.374. The lowest BCUT2D eigenvalue weighted by Crippen LogP contribution is -2.05. The van der Waals surface area contributed by atoms with Gasteiger partial charge >= 0.3 is 0 Å². The van der Waals surface area contributed by atoms with Gasteiger partial charge in [-0.15, -0.1) is 0 Å². The van der Waals surface area contributed by atoms with Crippen LogP contribution in [0.3, 0.4) is 0 Å². The molecular formula is C11H17NO. The van der Waals surface area contributed by atoms with E-state index in [0.717, 1.165) is 5.56 Å². The Labute approximate surface area is 79.6 Å². The summed E-state index contributed by atoms with van der Waals surface area (Å²) in [6.45, 7) is 5.01. The Kier molecular flexibility index (Phi) is 3.32. The van der Waals surface area contributed by atoms with Crippen molar-refractivity contribution in [2.75, 3.05) is 7.05 Å². The predicted octanol–water partition coefficient (Wildman–Crippen LogP) is 2.24. The maximum atomic E-state index is 9.51. The zero-order valence-corrected chi connectivity index (χ0v) is 8.46. The molecule has 1 aromatic rings. The molecule has 0 amide bonds. The highest BCUT2D eigenvalue weighted by atomic mass is 16.3. The van der Waals surface area contributed by atoms with Gasteiger partial charge in [-0.3, -0.25) is 0 Å². The normalized spacial score (nSPS) is 10.8. The van der Waals surface area contributed by atoms with Crippen LogP contribution in [0.2, 0.25) is 0 Å². The summed E-state index contributed by atoms with van der Waals surface area (Å²) in [6.07, 6.45) is 0. The van der Waals surface area contributed by atoms with E-state index in [1.54, 1.807) is 6.07 Å². The first-order valence-electron chi connectivity index (χ1n) is 4.61. The summed E-state index contributed by atoms with van der Waals surface area (Å²) in [5.74, 6) is 0.884. The molecule has 0 saturated heterocycles. The minimum Gasteiger partial charge on any atom is -0.508 e. The van der Waals surface area contributed by atoms with Crippen molar-refractivity contribution in [2.45, 2.75) is 26.3 Å². The Hall–Kier alpha value is -1.02. The van der Waals surface area contributed by atoms with Crippen LogP contribution >= 0.6 is 0 Å². The van der Waals surface area contributed by atoms with E-state index in [-0.39, 0.29) is 0 Å². The van der Waals surface area contributed by atoms with Gasteiger partial charge in [0.25, 0.3) is 0 Å². The van der Waals surface area contributed by atoms with Gasteiger partial charge in [-0.05, 0) is 24.6 Å². The fraction of sp³-hybridized carbons (Fsp3) is 0.455. The molecule has 0 atom stereocenters. The molecule has 0 aliphatic rings. The molecule has 0 radical (unpaired) electrons. The maximum absolute atomic E-state index is 9.51. The van der Waals surface area contributed by atoms with Gasteiger partial charge in [-0.2, -0.15) is 0 Å². The fourth-order valence-corrected chi connectivity index (χ4v) is 1.30. The first-order chi connectivity index (χ1) is 6.15. The first-order valence-corrected chi connectivity index (χ1v) is 4.61. The number of benzene rings is 1. The second-order valence-corrected chi connectivity index (χ2v) is 3.57. The summed E-state index contributed by atoms with van der Waals surface area (Å²) >= 11 is 0. The van der Waals surface area contributed by atoms with E-state index >= 15 is 0 Å². The van der Waals surface area contributed by atoms with Crippen LogP contribution < -0.4 is 5.32 Å². The van der Waals surface area contributed by atoms with E-state index in [1.165, 1.54) is 5.56 Å². The Morgan fingerprint density at radius 3 is 2.62 bits per heavy atom. The highest BCUT2D eigenvalue weighted by Gasteiger charge is 2.04. The third-order valence-electron chi connectivity index (χ3n) is 2.14. The van der Waals surface area contributed by atoms with Gasteiger partial charge < -0.3 is 10.4 Å². The van der Waals surface area contributed by atoms with E-state index in [4.69, 9.17) is 0 Å². The van der Waals surface area contributed by atoms with E-state index in [0.29, 0.717) is 18.2 Å². The molecule has 0 spiro atoms. The SMILES string of the molecule is CNCc1cc(C(C)C)ccc1O. The second kappa shape index (κ2) is 4.28. The number of nitrogens with one attached hydrogen (secondary N) is 1. The first kappa shape index (κ1) is 10.1. The van der Waals surface area contributed by atoms with Crippen LogP contribution in [-0.4, -0.2) is 12.2 Å². The van der Waals surface area contributed by atoms with Gasteiger partial charge in [0, 0.05) is 12.1 Å². The summed E-state index contributed by atoms with van der Waals surface area (Å²) in [4.78, 5) is 0. The molecule has 0 heterocycles. The molecule has 0 bridgehead atoms. The van der Waals surface area contributed by atoms with E-state index in [1.807, 2.05) is 13.1 Å². The highest BCUT2D eigenvalue weighted by molar-refractivity contribution is 5.37. The van der Waals surface area contributed by atoms with Crippen LogP contribution in [0.5, 0.6) is 5.75 Å². The van der Waals surface area contributed by atoms with Crippen LogP contribution in [0.1, 0.15) is 30.9 Å². The van der Waals surface area contributed by atoms with Crippen molar-refractivity contribution in [2.24, 2.45) is 0 Å². The Morgan fingerprint density at radius 1 is 1.38 bits per heavy atom. The molecule has 2 heteroatoms. The van der Waals surface area contributed by atoms with Crippen molar-refractivity contribution >= 4 is 0 Å². The number of hydrogen-bond acceptors (Lipinski definition) is 2. The van der Waals surface area contributed by atoms with Crippen LogP contribution in [0.25, 0.3) is 0 Å². The van der Waals surface area contributed by atoms with Gasteiger partial charge in [0.2, 0.25) is 0 Å². The van der Waals surface area contributed by atoms with E-state index < -0.39 is 0 Å². The van der Waals surface area contributed by atoms with E-state index in [9.17, 15) is 5.11 Å². The van der Waals surface area contributed by atoms with Crippen molar-refractivity contribution in [3.8, 4) is 5.75 Å². The quantitative estimate of drug-likeness (QED) is 0.745. The molecular weight excluding hydrogens is 162 g/mol. The van der Waals surface area contributed by atoms with Crippen LogP contribution in [0.4, 0.5) is 0 Å². The number of aromatic hydroxyl groups is 1. The summed E-state index contributed by atoms with van der Waals surface area (Å²) in [5.41, 5.74) is 2.23. The lowest BCUT2D eigenvalue weighted by Gasteiger charge is -2.09. The van der Waals surface area contributed by atoms with Gasteiger partial charge in [0.15, 0.2) is 0 Å². The average Bonchev–Trinajstić information content (AvgIpc) is 2.08. The number of hydrogen-bond donors (Lipinski definition) is 2. The van der Waals surface area contributed by atoms with Crippen molar-refractivity contribution in [3.05, 3.63) is 29.3 Å². The molecule has 1 rings (SSSR count). The molecule has 72 valence electrons. The molecule has 0 saturated carbocycles. The summed E-state index contributed by atoms with van der Waals surface area (Å²) in [7, 11) is 1.88. The van der Waals surface area contributed by atoms with Crippen LogP contribution in [0, 0.1) is 0 Å². The fourth-order valence-electron chi connectivity index (χ4n) is 1.30. The third kappa shape index (κ3) is 2.46. The van der Waals surface area contributed by atoms with Crippen molar-refractivity contribution in [3.63, 3.8) is 0 Å². The minimum atomic E-state index is 0.374. The topological polar surface area (TPSA) is 32.3 Å². The Morgan fingerprint density at radius 2 is 2.08 bits per heavy atom. The highest BCUT2D eigenvalue weighted by Crippen LogP contribution is 2.22. The smallest absolute Gasteiger partial charge is 0.120 e. The lowest BCUT2D eigenvalue weighted by atomic mass is 10.0. The van der Waals surface area contributed by atoms with E-state index in [2.05, 4.69) is 25.2 Å². The molecule has 0 fully saturated rings. The van der Waals surface area contributed by atoms with Gasteiger partial charge in [0.05, 0.1) is 0 Å². The van der Waals surface area contributed by atoms with Crippen LogP contribution in [0.15, 0.2) is 18.2 Å². The molecule has 1 aromatic carbocycles. The maximum Gasteiger partial charge on any atom is 0.120 e. The molecule has 2 N–H and O–H groups in total. The largest absolute Gasteiger partial charge is 0.508 e. The molecule has 0 aromatic heterocycles. The zero-order valence-electron chi connectivity index (χ0n) is 8.46. The third-order valence-corrected chi connectivity index (χ3v) is 2.14. The Balaban J connectivity index is 2.97. The Bertz CT molecular complexity index is 281. The van der Waals surface area contributed by atoms with Crippen molar-refractivity contribution in [1.29, 1.82) is 0 Å². The molecule has 0 aliphatic carbocycles. The molecule has 0 unspecified atom stereocenters. The summed E-state index contributed by atoms with van der Waals surface area (Å²) < 4.78 is 0. The number of phenols is 1. The molecule has 0 aliphatic heterocycles. The lowest BCUT2D eigenvalue weighted by molar-refractivity contribution is 0.465. The number of rotatable bonds is 3. The van der Waals surface area contributed by atoms with Crippen LogP contribution in [-0.2, 0) is 6.54 Å². The monoisotopic (exact) mass is 179 g/mol. The molecule has 13 heavy (non-hydrogen) atoms. The van der Waals surface area contributed by atoms with Gasteiger partial charge in [-0.25, -0.2) is 0 Å². The standard InChI is InChI=1S/C11H17NO/c1-8(2)9-4-5-11(13)10(6-9)7-12-3/h4-6,8,12-13H,7H2,1-3H3. The predicted molar refractivity (Wildman–Crippen MR) is 55.0 cm³/mol. The average molecular weight is 179 g/mol. The second-order valence-electron chi connectivity index (χ2n) is 3.57. The van der Waals surface area contributed by atoms with Crippen molar-refractivity contribution < 1.29 is 5.11 Å². The number of phenolic OH excluding ortho intramolecular Hbond substituents is 1. The summed E-state index contributed by atoms with van der Waals surface area (Å²) in [5, 5.41) is 12.5. The van der Waals surface area contributed by atoms with Gasteiger partial charge in [0.1, 0.15) is 5.75 Å². The van der Waals surface area contributed by atoms with Crippen molar-refractivity contribution in [1.82, 2.24) is 5.32 Å². The zero-order chi connectivity index (χ0) is 9.84. The molecule has 2 nitrogen and oxygen atoms in total. The summed E-state index contributed by atoms with van der Waals surface area (Å²) in [6, 6.07) is 5.79. The van der Waals surface area contributed by atoms with Gasteiger partial charge in [-0.1, -0.05) is 26.0 Å².